The Morgan fingerprint density at radius 1 is 1.29 bits per heavy atom. The molecule has 0 saturated heterocycles. The summed E-state index contributed by atoms with van der Waals surface area (Å²) < 4.78 is 18.4. The number of nitrogens with zero attached hydrogens (tertiary/aromatic N) is 1. The number of nitrogens with one attached hydrogen (secondary N) is 2. The molecule has 1 atom stereocenters. The SMILES string of the molecule is CC1c2c(Cl)cc(Cl)cc2CCN1C.COC(=O)c1c[nH]c(=O)c2cc(F)c(NCC=O)cc12. The van der Waals surface area contributed by atoms with Gasteiger partial charge >= 0.3 is 5.97 Å². The first-order chi connectivity index (χ1) is 16.2. The molecular weight excluding hydrogens is 484 g/mol. The number of aromatic amines is 1. The van der Waals surface area contributed by atoms with E-state index < -0.39 is 17.3 Å². The second-order valence-corrected chi connectivity index (χ2v) is 8.66. The minimum atomic E-state index is -0.688. The highest BCUT2D eigenvalue weighted by atomic mass is 35.5. The predicted molar refractivity (Wildman–Crippen MR) is 132 cm³/mol. The third-order valence-electron chi connectivity index (χ3n) is 5.76. The number of likely N-dealkylation sites (N-methyl/N-ethyl adjacent to an activating group) is 1. The molecule has 10 heteroatoms. The number of fused-ring (bicyclic) bond motifs is 2. The van der Waals surface area contributed by atoms with E-state index in [4.69, 9.17) is 23.2 Å². The van der Waals surface area contributed by atoms with Gasteiger partial charge in [0, 0.05) is 34.2 Å². The quantitative estimate of drug-likeness (QED) is 0.395. The Bertz CT molecular complexity index is 1300. The number of anilines is 1. The Balaban J connectivity index is 0.000000202. The summed E-state index contributed by atoms with van der Waals surface area (Å²) in [7, 11) is 3.33. The highest BCUT2D eigenvalue weighted by Crippen LogP contribution is 2.35. The molecule has 0 bridgehead atoms. The van der Waals surface area contributed by atoms with Gasteiger partial charge in [-0.05, 0) is 55.8 Å². The summed E-state index contributed by atoms with van der Waals surface area (Å²) in [6.07, 6.45) is 2.82. The molecule has 0 fully saturated rings. The molecule has 1 aromatic heterocycles. The Morgan fingerprint density at radius 2 is 2.03 bits per heavy atom. The third-order valence-corrected chi connectivity index (χ3v) is 6.29. The average Bonchev–Trinajstić information content (AvgIpc) is 2.80. The summed E-state index contributed by atoms with van der Waals surface area (Å²) >= 11 is 12.2. The highest BCUT2D eigenvalue weighted by Gasteiger charge is 2.23. The van der Waals surface area contributed by atoms with Gasteiger partial charge in [0.15, 0.2) is 0 Å². The van der Waals surface area contributed by atoms with E-state index in [9.17, 15) is 18.8 Å². The lowest BCUT2D eigenvalue weighted by Gasteiger charge is -2.32. The van der Waals surface area contributed by atoms with Crippen molar-refractivity contribution in [3.05, 3.63) is 73.4 Å². The summed E-state index contributed by atoms with van der Waals surface area (Å²) in [5.74, 6) is -1.34. The molecule has 2 heterocycles. The van der Waals surface area contributed by atoms with Crippen molar-refractivity contribution in [1.29, 1.82) is 0 Å². The molecular formula is C24H24Cl2FN3O4. The number of hydrogen-bond acceptors (Lipinski definition) is 6. The van der Waals surface area contributed by atoms with Crippen LogP contribution >= 0.6 is 23.2 Å². The average molecular weight is 508 g/mol. The molecule has 34 heavy (non-hydrogen) atoms. The lowest BCUT2D eigenvalue weighted by molar-refractivity contribution is -0.106. The number of hydrogen-bond donors (Lipinski definition) is 2. The molecule has 1 aliphatic heterocycles. The van der Waals surface area contributed by atoms with E-state index in [2.05, 4.69) is 33.9 Å². The van der Waals surface area contributed by atoms with Gasteiger partial charge in [0.2, 0.25) is 0 Å². The van der Waals surface area contributed by atoms with Crippen LogP contribution in [0.2, 0.25) is 10.0 Å². The van der Waals surface area contributed by atoms with Crippen LogP contribution in [0.3, 0.4) is 0 Å². The number of aldehydes is 1. The zero-order chi connectivity index (χ0) is 25.0. The van der Waals surface area contributed by atoms with E-state index in [1.54, 1.807) is 0 Å². The van der Waals surface area contributed by atoms with Crippen molar-refractivity contribution in [2.24, 2.45) is 0 Å². The molecule has 0 aliphatic carbocycles. The fourth-order valence-corrected chi connectivity index (χ4v) is 4.56. The number of methoxy groups -OCH3 is 1. The van der Waals surface area contributed by atoms with Crippen molar-refractivity contribution in [2.75, 3.05) is 32.6 Å². The number of H-pyrrole nitrogens is 1. The van der Waals surface area contributed by atoms with Crippen LogP contribution in [0.1, 0.15) is 34.5 Å². The monoisotopic (exact) mass is 507 g/mol. The van der Waals surface area contributed by atoms with Crippen molar-refractivity contribution < 1.29 is 18.7 Å². The maximum Gasteiger partial charge on any atom is 0.339 e. The van der Waals surface area contributed by atoms with Gasteiger partial charge in [0.1, 0.15) is 12.1 Å². The van der Waals surface area contributed by atoms with Crippen LogP contribution < -0.4 is 10.9 Å². The number of esters is 1. The third kappa shape index (κ3) is 5.41. The topological polar surface area (TPSA) is 91.5 Å². The van der Waals surface area contributed by atoms with Gasteiger partial charge < -0.3 is 19.8 Å². The standard InChI is InChI=1S/C13H11FN2O4.C11H13Cl2N/c1-20-13(19)9-6-16-12(18)8-4-10(14)11(5-7(8)9)15-2-3-17;1-7-11-8(3-4-14(7)2)5-9(12)6-10(11)13/h3-6,15H,2H2,1H3,(H,16,18);5-7H,3-4H2,1-2H3. The van der Waals surface area contributed by atoms with Gasteiger partial charge in [0.25, 0.3) is 5.56 Å². The number of pyridine rings is 1. The molecule has 3 aromatic rings. The Labute approximate surface area is 205 Å². The van der Waals surface area contributed by atoms with Crippen molar-refractivity contribution >= 4 is 51.9 Å². The first kappa shape index (κ1) is 25.7. The normalized spacial score (nSPS) is 15.2. The smallest absolute Gasteiger partial charge is 0.339 e. The number of rotatable bonds is 4. The summed E-state index contributed by atoms with van der Waals surface area (Å²) in [5.41, 5.74) is 2.16. The molecule has 0 amide bonds. The molecule has 2 aromatic carbocycles. The van der Waals surface area contributed by atoms with Crippen molar-refractivity contribution in [2.45, 2.75) is 19.4 Å². The molecule has 180 valence electrons. The van der Waals surface area contributed by atoms with Crippen molar-refractivity contribution in [3.63, 3.8) is 0 Å². The van der Waals surface area contributed by atoms with Gasteiger partial charge in [-0.3, -0.25) is 9.69 Å². The number of benzene rings is 2. The van der Waals surface area contributed by atoms with Crippen LogP contribution in [0.15, 0.2) is 35.3 Å². The number of aromatic nitrogens is 1. The van der Waals surface area contributed by atoms with E-state index in [1.165, 1.54) is 30.5 Å². The second kappa shape index (κ2) is 11.0. The van der Waals surface area contributed by atoms with E-state index in [-0.39, 0.29) is 28.6 Å². The van der Waals surface area contributed by atoms with Crippen LogP contribution in [0.5, 0.6) is 0 Å². The zero-order valence-electron chi connectivity index (χ0n) is 18.9. The zero-order valence-corrected chi connectivity index (χ0v) is 20.4. The number of carbonyl (C=O) groups excluding carboxylic acids is 2. The molecule has 0 saturated carbocycles. The molecule has 1 aliphatic rings. The molecule has 4 rings (SSSR count). The van der Waals surface area contributed by atoms with E-state index >= 15 is 0 Å². The van der Waals surface area contributed by atoms with E-state index in [0.717, 1.165) is 29.1 Å². The maximum atomic E-state index is 13.8. The Hall–Kier alpha value is -2.94. The molecule has 2 N–H and O–H groups in total. The lowest BCUT2D eigenvalue weighted by atomic mass is 9.94. The summed E-state index contributed by atoms with van der Waals surface area (Å²) in [4.78, 5) is 38.3. The molecule has 0 spiro atoms. The summed E-state index contributed by atoms with van der Waals surface area (Å²) in [6.45, 7) is 3.17. The first-order valence-electron chi connectivity index (χ1n) is 10.5. The predicted octanol–water partition coefficient (Wildman–Crippen LogP) is 4.61. The van der Waals surface area contributed by atoms with Crippen molar-refractivity contribution in [1.82, 2.24) is 9.88 Å². The number of ether oxygens (including phenoxy) is 1. The minimum Gasteiger partial charge on any atom is -0.465 e. The maximum absolute atomic E-state index is 13.8. The number of carbonyl (C=O) groups is 2. The van der Waals surface area contributed by atoms with Gasteiger partial charge in [-0.2, -0.15) is 0 Å². The van der Waals surface area contributed by atoms with E-state index in [0.29, 0.717) is 12.3 Å². The molecule has 0 radical (unpaired) electrons. The van der Waals surface area contributed by atoms with Gasteiger partial charge in [0.05, 0.1) is 30.3 Å². The largest absolute Gasteiger partial charge is 0.465 e. The Morgan fingerprint density at radius 3 is 2.71 bits per heavy atom. The summed E-state index contributed by atoms with van der Waals surface area (Å²) in [6, 6.07) is 6.57. The highest BCUT2D eigenvalue weighted by molar-refractivity contribution is 6.35. The number of halogens is 3. The second-order valence-electron chi connectivity index (χ2n) is 7.82. The van der Waals surface area contributed by atoms with E-state index in [1.807, 2.05) is 12.1 Å². The van der Waals surface area contributed by atoms with Crippen LogP contribution in [-0.4, -0.2) is 49.4 Å². The molecule has 1 unspecified atom stereocenters. The fraction of sp³-hybridized carbons (Fsp3) is 0.292. The van der Waals surface area contributed by atoms with Crippen LogP contribution in [0.4, 0.5) is 10.1 Å². The van der Waals surface area contributed by atoms with Crippen LogP contribution in [0.25, 0.3) is 10.8 Å². The first-order valence-corrected chi connectivity index (χ1v) is 11.2. The molecule has 7 nitrogen and oxygen atoms in total. The van der Waals surface area contributed by atoms with Gasteiger partial charge in [-0.1, -0.05) is 23.2 Å². The Kier molecular flexibility index (Phi) is 8.30. The van der Waals surface area contributed by atoms with Gasteiger partial charge in [-0.15, -0.1) is 0 Å². The minimum absolute atomic E-state index is 0.0281. The van der Waals surface area contributed by atoms with Crippen molar-refractivity contribution in [3.8, 4) is 0 Å². The van der Waals surface area contributed by atoms with Crippen LogP contribution in [0, 0.1) is 5.82 Å². The van der Waals surface area contributed by atoms with Crippen LogP contribution in [-0.2, 0) is 16.0 Å². The van der Waals surface area contributed by atoms with Gasteiger partial charge in [-0.25, -0.2) is 9.18 Å². The lowest BCUT2D eigenvalue weighted by Crippen LogP contribution is -2.30. The summed E-state index contributed by atoms with van der Waals surface area (Å²) in [5, 5.41) is 4.37. The fourth-order valence-electron chi connectivity index (χ4n) is 3.87.